The normalized spacial score (nSPS) is 10.7. The minimum atomic E-state index is -0.438. The second kappa shape index (κ2) is 8.03. The molecule has 3 aromatic rings. The van der Waals surface area contributed by atoms with Crippen LogP contribution in [-0.2, 0) is 6.54 Å². The van der Waals surface area contributed by atoms with Crippen molar-refractivity contribution in [2.45, 2.75) is 13.5 Å². The Morgan fingerprint density at radius 3 is 2.68 bits per heavy atom. The number of hydrogen-bond donors (Lipinski definition) is 2. The fraction of sp³-hybridized carbons (Fsp3) is 0.263. The lowest BCUT2D eigenvalue weighted by Crippen LogP contribution is -2.31. The minimum Gasteiger partial charge on any atom is -0.345 e. The van der Waals surface area contributed by atoms with Crippen LogP contribution in [0.4, 0.5) is 14.9 Å². The van der Waals surface area contributed by atoms with Crippen LogP contribution in [0.1, 0.15) is 15.9 Å². The summed E-state index contributed by atoms with van der Waals surface area (Å²) in [5, 5.41) is 13.4. The molecule has 0 saturated heterocycles. The van der Waals surface area contributed by atoms with Gasteiger partial charge in [0.05, 0.1) is 12.1 Å². The summed E-state index contributed by atoms with van der Waals surface area (Å²) in [6, 6.07) is 9.25. The molecule has 2 N–H and O–H groups in total. The molecule has 9 heteroatoms. The van der Waals surface area contributed by atoms with E-state index in [0.29, 0.717) is 35.4 Å². The lowest BCUT2D eigenvalue weighted by atomic mass is 10.2. The molecule has 8 nitrogen and oxygen atoms in total. The van der Waals surface area contributed by atoms with E-state index in [1.165, 1.54) is 11.0 Å². The van der Waals surface area contributed by atoms with Gasteiger partial charge in [-0.1, -0.05) is 11.3 Å². The smallest absolute Gasteiger partial charge is 0.319 e. The molecule has 0 spiro atoms. The molecule has 1 aromatic heterocycles. The Hall–Kier alpha value is -3.49. The number of anilines is 1. The van der Waals surface area contributed by atoms with Crippen LogP contribution in [0, 0.1) is 12.7 Å². The van der Waals surface area contributed by atoms with Gasteiger partial charge in [-0.15, -0.1) is 5.10 Å². The molecule has 0 atom stereocenters. The highest BCUT2D eigenvalue weighted by molar-refractivity contribution is 5.97. The monoisotopic (exact) mass is 384 g/mol. The molecular weight excluding hydrogens is 363 g/mol. The highest BCUT2D eigenvalue weighted by atomic mass is 19.1. The molecule has 0 aliphatic rings. The zero-order valence-corrected chi connectivity index (χ0v) is 15.9. The molecule has 0 radical (unpaired) electrons. The molecule has 3 rings (SSSR count). The number of urea groups is 1. The van der Waals surface area contributed by atoms with Crippen LogP contribution < -0.4 is 10.6 Å². The van der Waals surface area contributed by atoms with Crippen molar-refractivity contribution in [1.29, 1.82) is 0 Å². The maximum Gasteiger partial charge on any atom is 0.319 e. The average molecular weight is 384 g/mol. The van der Waals surface area contributed by atoms with Crippen LogP contribution in [0.25, 0.3) is 11.0 Å². The highest BCUT2D eigenvalue weighted by Gasteiger charge is 2.12. The molecule has 0 bridgehead atoms. The summed E-state index contributed by atoms with van der Waals surface area (Å²) in [6.45, 7) is 2.35. The van der Waals surface area contributed by atoms with Gasteiger partial charge in [-0.3, -0.25) is 4.79 Å². The molecule has 0 saturated carbocycles. The highest BCUT2D eigenvalue weighted by Crippen LogP contribution is 2.15. The number of rotatable bonds is 5. The average Bonchev–Trinajstić information content (AvgIpc) is 3.06. The van der Waals surface area contributed by atoms with Crippen molar-refractivity contribution in [3.05, 3.63) is 53.3 Å². The standard InChI is InChI=1S/C19H21FN6O2/c1-12-4-6-14(11-15(12)20)22-19(28)21-8-9-26-17-7-5-13(18(27)25(2)3)10-16(17)23-24-26/h4-7,10-11H,8-9H2,1-3H3,(H2,21,22,28). The molecule has 3 amide bonds. The Kier molecular flexibility index (Phi) is 5.53. The summed E-state index contributed by atoms with van der Waals surface area (Å²) >= 11 is 0. The van der Waals surface area contributed by atoms with E-state index >= 15 is 0 Å². The summed E-state index contributed by atoms with van der Waals surface area (Å²) in [5.41, 5.74) is 2.79. The predicted octanol–water partition coefficient (Wildman–Crippen LogP) is 2.40. The maximum absolute atomic E-state index is 13.5. The number of halogens is 1. The Morgan fingerprint density at radius 1 is 1.18 bits per heavy atom. The van der Waals surface area contributed by atoms with Gasteiger partial charge in [0.1, 0.15) is 11.3 Å². The van der Waals surface area contributed by atoms with Gasteiger partial charge in [-0.2, -0.15) is 0 Å². The van der Waals surface area contributed by atoms with E-state index in [0.717, 1.165) is 5.52 Å². The third kappa shape index (κ3) is 4.25. The lowest BCUT2D eigenvalue weighted by molar-refractivity contribution is 0.0827. The van der Waals surface area contributed by atoms with Crippen LogP contribution in [0.5, 0.6) is 0 Å². The van der Waals surface area contributed by atoms with Crippen molar-refractivity contribution in [2.24, 2.45) is 0 Å². The van der Waals surface area contributed by atoms with Crippen molar-refractivity contribution in [3.8, 4) is 0 Å². The second-order valence-electron chi connectivity index (χ2n) is 6.56. The van der Waals surface area contributed by atoms with Crippen molar-refractivity contribution in [3.63, 3.8) is 0 Å². The summed E-state index contributed by atoms with van der Waals surface area (Å²) in [6.07, 6.45) is 0. The fourth-order valence-corrected chi connectivity index (χ4v) is 2.65. The predicted molar refractivity (Wildman–Crippen MR) is 104 cm³/mol. The number of carbonyl (C=O) groups is 2. The Morgan fingerprint density at radius 2 is 1.96 bits per heavy atom. The number of fused-ring (bicyclic) bond motifs is 1. The summed E-state index contributed by atoms with van der Waals surface area (Å²) in [7, 11) is 3.37. The quantitative estimate of drug-likeness (QED) is 0.707. The van der Waals surface area contributed by atoms with E-state index in [-0.39, 0.29) is 11.7 Å². The van der Waals surface area contributed by atoms with E-state index in [4.69, 9.17) is 0 Å². The van der Waals surface area contributed by atoms with Crippen LogP contribution in [0.15, 0.2) is 36.4 Å². The molecule has 146 valence electrons. The van der Waals surface area contributed by atoms with E-state index in [1.54, 1.807) is 56.0 Å². The zero-order chi connectivity index (χ0) is 20.3. The fourth-order valence-electron chi connectivity index (χ4n) is 2.65. The Bertz CT molecular complexity index is 1030. The first-order valence-electron chi connectivity index (χ1n) is 8.71. The van der Waals surface area contributed by atoms with Crippen LogP contribution in [-0.4, -0.2) is 52.5 Å². The van der Waals surface area contributed by atoms with Crippen LogP contribution >= 0.6 is 0 Å². The first kappa shape index (κ1) is 19.3. The van der Waals surface area contributed by atoms with Crippen molar-refractivity contribution in [1.82, 2.24) is 25.2 Å². The third-order valence-corrected chi connectivity index (χ3v) is 4.21. The lowest BCUT2D eigenvalue weighted by Gasteiger charge is -2.10. The number of nitrogens with one attached hydrogen (secondary N) is 2. The number of benzene rings is 2. The minimum absolute atomic E-state index is 0.109. The first-order valence-corrected chi connectivity index (χ1v) is 8.71. The Labute approximate surface area is 161 Å². The van der Waals surface area contributed by atoms with Gasteiger partial charge in [0.25, 0.3) is 5.91 Å². The van der Waals surface area contributed by atoms with Crippen molar-refractivity contribution in [2.75, 3.05) is 26.0 Å². The number of aryl methyl sites for hydroxylation is 1. The SMILES string of the molecule is Cc1ccc(NC(=O)NCCn2nnc3cc(C(=O)N(C)C)ccc32)cc1F. The molecule has 0 aliphatic heterocycles. The van der Waals surface area contributed by atoms with Gasteiger partial charge in [-0.05, 0) is 42.8 Å². The molecule has 2 aromatic carbocycles. The number of amides is 3. The van der Waals surface area contributed by atoms with Crippen molar-refractivity contribution >= 4 is 28.7 Å². The van der Waals surface area contributed by atoms with Crippen LogP contribution in [0.3, 0.4) is 0 Å². The van der Waals surface area contributed by atoms with Crippen LogP contribution in [0.2, 0.25) is 0 Å². The van der Waals surface area contributed by atoms with Gasteiger partial charge in [0.15, 0.2) is 0 Å². The van der Waals surface area contributed by atoms with E-state index in [1.807, 2.05) is 0 Å². The van der Waals surface area contributed by atoms with E-state index in [9.17, 15) is 14.0 Å². The molecule has 28 heavy (non-hydrogen) atoms. The zero-order valence-electron chi connectivity index (χ0n) is 15.9. The summed E-state index contributed by atoms with van der Waals surface area (Å²) in [5.74, 6) is -0.485. The largest absolute Gasteiger partial charge is 0.345 e. The maximum atomic E-state index is 13.5. The number of aromatic nitrogens is 3. The molecule has 0 aliphatic carbocycles. The molecule has 0 fully saturated rings. The second-order valence-corrected chi connectivity index (χ2v) is 6.56. The van der Waals surface area contributed by atoms with Crippen molar-refractivity contribution < 1.29 is 14.0 Å². The summed E-state index contributed by atoms with van der Waals surface area (Å²) < 4.78 is 15.2. The Balaban J connectivity index is 1.58. The van der Waals surface area contributed by atoms with Gasteiger partial charge >= 0.3 is 6.03 Å². The topological polar surface area (TPSA) is 92.1 Å². The molecule has 0 unspecified atom stereocenters. The van der Waals surface area contributed by atoms with Gasteiger partial charge in [-0.25, -0.2) is 13.9 Å². The van der Waals surface area contributed by atoms with E-state index < -0.39 is 6.03 Å². The first-order chi connectivity index (χ1) is 13.3. The van der Waals surface area contributed by atoms with Gasteiger partial charge < -0.3 is 15.5 Å². The van der Waals surface area contributed by atoms with Gasteiger partial charge in [0, 0.05) is 31.9 Å². The number of hydrogen-bond acceptors (Lipinski definition) is 4. The summed E-state index contributed by atoms with van der Waals surface area (Å²) in [4.78, 5) is 25.5. The van der Waals surface area contributed by atoms with E-state index in [2.05, 4.69) is 20.9 Å². The third-order valence-electron chi connectivity index (χ3n) is 4.21. The molecular formula is C19H21FN6O2. The number of nitrogens with zero attached hydrogens (tertiary/aromatic N) is 4. The number of carbonyl (C=O) groups excluding carboxylic acids is 2. The molecule has 1 heterocycles. The van der Waals surface area contributed by atoms with Gasteiger partial charge in [0.2, 0.25) is 0 Å².